The second kappa shape index (κ2) is 8.33. The van der Waals surface area contributed by atoms with Gasteiger partial charge in [0, 0.05) is 4.88 Å². The molecule has 2 aromatic rings. The van der Waals surface area contributed by atoms with Gasteiger partial charge in [-0.3, -0.25) is 9.59 Å². The molecule has 0 aliphatic carbocycles. The largest absolute Gasteiger partial charge is 0.484 e. The lowest BCUT2D eigenvalue weighted by Gasteiger charge is -2.16. The molecule has 0 saturated heterocycles. The third-order valence-electron chi connectivity index (χ3n) is 3.21. The molecule has 23 heavy (non-hydrogen) atoms. The molecule has 1 atom stereocenters. The van der Waals surface area contributed by atoms with Crippen LogP contribution < -0.4 is 10.1 Å². The Morgan fingerprint density at radius 1 is 1.22 bits per heavy atom. The Kier molecular flexibility index (Phi) is 6.17. The van der Waals surface area contributed by atoms with Crippen molar-refractivity contribution >= 4 is 23.2 Å². The molecule has 1 aromatic heterocycles. The lowest BCUT2D eigenvalue weighted by molar-refractivity contribution is -0.141. The number of hydrogen-bond donors (Lipinski definition) is 1. The van der Waals surface area contributed by atoms with Gasteiger partial charge in [-0.15, -0.1) is 11.3 Å². The highest BCUT2D eigenvalue weighted by molar-refractivity contribution is 7.10. The number of carbonyl (C=O) groups is 2. The number of aryl methyl sites for hydroxylation is 1. The summed E-state index contributed by atoms with van der Waals surface area (Å²) in [5.74, 6) is -0.0255. The molecule has 5 nitrogen and oxygen atoms in total. The maximum Gasteiger partial charge on any atom is 0.307 e. The Bertz CT molecular complexity index is 637. The summed E-state index contributed by atoms with van der Waals surface area (Å²) in [5.41, 5.74) is 1.12. The van der Waals surface area contributed by atoms with Crippen molar-refractivity contribution in [2.75, 3.05) is 13.7 Å². The van der Waals surface area contributed by atoms with Gasteiger partial charge in [0.25, 0.3) is 5.91 Å². The molecule has 1 amide bonds. The van der Waals surface area contributed by atoms with Crippen LogP contribution in [-0.4, -0.2) is 25.6 Å². The van der Waals surface area contributed by atoms with Gasteiger partial charge in [-0.05, 0) is 30.5 Å². The number of thiophene rings is 1. The van der Waals surface area contributed by atoms with Crippen molar-refractivity contribution in [3.63, 3.8) is 0 Å². The first-order valence-electron chi connectivity index (χ1n) is 7.17. The van der Waals surface area contributed by atoms with Gasteiger partial charge in [0.15, 0.2) is 6.61 Å². The average Bonchev–Trinajstić information content (AvgIpc) is 3.08. The zero-order valence-electron chi connectivity index (χ0n) is 13.1. The molecule has 0 saturated carbocycles. The smallest absolute Gasteiger partial charge is 0.307 e. The predicted octanol–water partition coefficient (Wildman–Crippen LogP) is 2.86. The van der Waals surface area contributed by atoms with Crippen LogP contribution in [0.4, 0.5) is 0 Å². The second-order valence-corrected chi connectivity index (χ2v) is 6.00. The molecule has 1 aromatic carbocycles. The highest BCUT2D eigenvalue weighted by atomic mass is 32.1. The molecule has 0 fully saturated rings. The van der Waals surface area contributed by atoms with Gasteiger partial charge in [0.1, 0.15) is 5.75 Å². The van der Waals surface area contributed by atoms with Crippen molar-refractivity contribution in [2.45, 2.75) is 19.4 Å². The lowest BCUT2D eigenvalue weighted by atomic mass is 10.1. The number of carbonyl (C=O) groups excluding carboxylic acids is 2. The third-order valence-corrected chi connectivity index (χ3v) is 4.20. The summed E-state index contributed by atoms with van der Waals surface area (Å²) in [6.07, 6.45) is 0.0906. The minimum Gasteiger partial charge on any atom is -0.484 e. The molecule has 122 valence electrons. The summed E-state index contributed by atoms with van der Waals surface area (Å²) in [4.78, 5) is 24.5. The lowest BCUT2D eigenvalue weighted by Crippen LogP contribution is -2.33. The van der Waals surface area contributed by atoms with Gasteiger partial charge in [0.2, 0.25) is 0 Å². The summed E-state index contributed by atoms with van der Waals surface area (Å²) in [7, 11) is 1.33. The van der Waals surface area contributed by atoms with Crippen LogP contribution in [0.25, 0.3) is 0 Å². The maximum absolute atomic E-state index is 12.1. The van der Waals surface area contributed by atoms with Gasteiger partial charge in [-0.2, -0.15) is 0 Å². The fourth-order valence-corrected chi connectivity index (χ4v) is 2.76. The molecule has 0 aliphatic heterocycles. The first kappa shape index (κ1) is 17.0. The van der Waals surface area contributed by atoms with Crippen LogP contribution in [-0.2, 0) is 14.3 Å². The van der Waals surface area contributed by atoms with Crippen molar-refractivity contribution in [1.29, 1.82) is 0 Å². The fraction of sp³-hybridized carbons (Fsp3) is 0.294. The van der Waals surface area contributed by atoms with Gasteiger partial charge in [-0.25, -0.2) is 0 Å². The van der Waals surface area contributed by atoms with E-state index in [1.54, 1.807) is 0 Å². The van der Waals surface area contributed by atoms with E-state index in [9.17, 15) is 9.59 Å². The molecule has 0 radical (unpaired) electrons. The number of esters is 1. The summed E-state index contributed by atoms with van der Waals surface area (Å²) in [5, 5.41) is 4.71. The molecule has 0 aliphatic rings. The van der Waals surface area contributed by atoms with Gasteiger partial charge >= 0.3 is 5.97 Å². The Labute approximate surface area is 139 Å². The zero-order chi connectivity index (χ0) is 16.7. The van der Waals surface area contributed by atoms with Crippen molar-refractivity contribution in [1.82, 2.24) is 5.32 Å². The molecule has 1 heterocycles. The van der Waals surface area contributed by atoms with Gasteiger partial charge in [-0.1, -0.05) is 23.8 Å². The van der Waals surface area contributed by atoms with Crippen LogP contribution in [0.2, 0.25) is 0 Å². The molecule has 6 heteroatoms. The van der Waals surface area contributed by atoms with E-state index < -0.39 is 6.04 Å². The van der Waals surface area contributed by atoms with Gasteiger partial charge < -0.3 is 14.8 Å². The number of nitrogens with one attached hydrogen (secondary N) is 1. The minimum absolute atomic E-state index is 0.0906. The molecule has 2 rings (SSSR count). The van der Waals surface area contributed by atoms with E-state index in [0.717, 1.165) is 10.4 Å². The van der Waals surface area contributed by atoms with E-state index >= 15 is 0 Å². The summed E-state index contributed by atoms with van der Waals surface area (Å²) in [6.45, 7) is 1.88. The van der Waals surface area contributed by atoms with Crippen LogP contribution >= 0.6 is 11.3 Å². The molecule has 0 bridgehead atoms. The van der Waals surface area contributed by atoms with Crippen molar-refractivity contribution in [3.8, 4) is 5.75 Å². The number of rotatable bonds is 7. The first-order valence-corrected chi connectivity index (χ1v) is 8.05. The number of methoxy groups -OCH3 is 1. The van der Waals surface area contributed by atoms with E-state index in [2.05, 4.69) is 10.1 Å². The van der Waals surface area contributed by atoms with Crippen LogP contribution in [0.15, 0.2) is 41.8 Å². The monoisotopic (exact) mass is 333 g/mol. The molecular formula is C17H19NO4S. The second-order valence-electron chi connectivity index (χ2n) is 5.02. The predicted molar refractivity (Wildman–Crippen MR) is 88.5 cm³/mol. The van der Waals surface area contributed by atoms with Crippen molar-refractivity contribution in [3.05, 3.63) is 52.2 Å². The summed E-state index contributed by atoms with van der Waals surface area (Å²) >= 11 is 1.48. The minimum atomic E-state index is -0.406. The maximum atomic E-state index is 12.1. The van der Waals surface area contributed by atoms with Crippen molar-refractivity contribution in [2.24, 2.45) is 0 Å². The first-order chi connectivity index (χ1) is 11.1. The Morgan fingerprint density at radius 3 is 2.57 bits per heavy atom. The van der Waals surface area contributed by atoms with Crippen LogP contribution in [0.5, 0.6) is 5.75 Å². The number of amides is 1. The van der Waals surface area contributed by atoms with Gasteiger partial charge in [0.05, 0.1) is 19.6 Å². The molecular weight excluding hydrogens is 314 g/mol. The van der Waals surface area contributed by atoms with Crippen LogP contribution in [0, 0.1) is 6.92 Å². The number of hydrogen-bond acceptors (Lipinski definition) is 5. The van der Waals surface area contributed by atoms with E-state index in [1.165, 1.54) is 18.4 Å². The molecule has 0 spiro atoms. The zero-order valence-corrected chi connectivity index (χ0v) is 13.9. The van der Waals surface area contributed by atoms with E-state index in [-0.39, 0.29) is 24.9 Å². The van der Waals surface area contributed by atoms with E-state index in [1.807, 2.05) is 48.7 Å². The molecule has 1 N–H and O–H groups in total. The van der Waals surface area contributed by atoms with Crippen molar-refractivity contribution < 1.29 is 19.1 Å². The van der Waals surface area contributed by atoms with Crippen LogP contribution in [0.1, 0.15) is 22.9 Å². The van der Waals surface area contributed by atoms with E-state index in [4.69, 9.17) is 4.74 Å². The Hall–Kier alpha value is -2.34. The highest BCUT2D eigenvalue weighted by Crippen LogP contribution is 2.22. The SMILES string of the molecule is COC(=O)CC(NC(=O)COc1ccc(C)cc1)c1cccs1. The standard InChI is InChI=1S/C17H19NO4S/c1-12-5-7-13(8-6-12)22-11-16(19)18-14(10-17(20)21-2)15-4-3-9-23-15/h3-9,14H,10-11H2,1-2H3,(H,18,19). The normalized spacial score (nSPS) is 11.6. The Morgan fingerprint density at radius 2 is 1.96 bits per heavy atom. The Balaban J connectivity index is 1.91. The summed E-state index contributed by atoms with van der Waals surface area (Å²) in [6, 6.07) is 10.8. The molecule has 1 unspecified atom stereocenters. The topological polar surface area (TPSA) is 64.6 Å². The highest BCUT2D eigenvalue weighted by Gasteiger charge is 2.20. The fourth-order valence-electron chi connectivity index (χ4n) is 1.98. The summed E-state index contributed by atoms with van der Waals surface area (Å²) < 4.78 is 10.1. The quantitative estimate of drug-likeness (QED) is 0.791. The number of benzene rings is 1. The third kappa shape index (κ3) is 5.41. The number of ether oxygens (including phenoxy) is 2. The average molecular weight is 333 g/mol. The van der Waals surface area contributed by atoms with Crippen LogP contribution in [0.3, 0.4) is 0 Å². The van der Waals surface area contributed by atoms with E-state index in [0.29, 0.717) is 5.75 Å².